The van der Waals surface area contributed by atoms with Gasteiger partial charge in [-0.1, -0.05) is 0 Å². The Balaban J connectivity index is 2.30. The predicted molar refractivity (Wildman–Crippen MR) is 85.3 cm³/mol. The van der Waals surface area contributed by atoms with Gasteiger partial charge >= 0.3 is 6.09 Å². The molecule has 0 saturated heterocycles. The molecule has 21 heavy (non-hydrogen) atoms. The summed E-state index contributed by atoms with van der Waals surface area (Å²) in [5.74, 6) is 0.740. The van der Waals surface area contributed by atoms with E-state index in [1.54, 1.807) is 6.20 Å². The van der Waals surface area contributed by atoms with Crippen molar-refractivity contribution in [3.63, 3.8) is 0 Å². The number of hydrogen-bond donors (Lipinski definition) is 1. The topological polar surface area (TPSA) is 55.6 Å². The number of ether oxygens (including phenoxy) is 1. The lowest BCUT2D eigenvalue weighted by Gasteiger charge is -2.27. The quantitative estimate of drug-likeness (QED) is 0.891. The molecule has 1 amide bonds. The van der Waals surface area contributed by atoms with Crippen molar-refractivity contribution in [1.29, 1.82) is 0 Å². The fourth-order valence-electron chi connectivity index (χ4n) is 2.06. The average molecular weight is 354 g/mol. The van der Waals surface area contributed by atoms with Crippen molar-refractivity contribution in [3.05, 3.63) is 34.8 Å². The van der Waals surface area contributed by atoms with Gasteiger partial charge in [-0.3, -0.25) is 0 Å². The van der Waals surface area contributed by atoms with Gasteiger partial charge in [0, 0.05) is 10.7 Å². The lowest BCUT2D eigenvalue weighted by molar-refractivity contribution is 0.0466. The molecular weight excluding hydrogens is 334 g/mol. The highest BCUT2D eigenvalue weighted by molar-refractivity contribution is 9.10. The van der Waals surface area contributed by atoms with E-state index >= 15 is 0 Å². The van der Waals surface area contributed by atoms with Gasteiger partial charge in [0.15, 0.2) is 0 Å². The third-order valence-corrected chi connectivity index (χ3v) is 3.56. The van der Waals surface area contributed by atoms with Crippen molar-refractivity contribution in [1.82, 2.24) is 14.7 Å². The summed E-state index contributed by atoms with van der Waals surface area (Å²) in [5, 5.41) is 2.87. The van der Waals surface area contributed by atoms with Gasteiger partial charge in [0.25, 0.3) is 0 Å². The molecule has 0 aliphatic heterocycles. The minimum Gasteiger partial charge on any atom is -0.444 e. The van der Waals surface area contributed by atoms with Crippen LogP contribution in [0.4, 0.5) is 4.79 Å². The number of hydrogen-bond acceptors (Lipinski definition) is 3. The SMILES string of the molecule is CC(C)(C)OC(=O)NC(C)(C)c1ncc2c(Br)cccn12. The summed E-state index contributed by atoms with van der Waals surface area (Å²) in [7, 11) is 0. The number of carbonyl (C=O) groups is 1. The van der Waals surface area contributed by atoms with Crippen LogP contribution in [0, 0.1) is 0 Å². The monoisotopic (exact) mass is 353 g/mol. The molecule has 5 nitrogen and oxygen atoms in total. The van der Waals surface area contributed by atoms with Crippen LogP contribution in [0.3, 0.4) is 0 Å². The Morgan fingerprint density at radius 2 is 2.00 bits per heavy atom. The molecule has 0 aliphatic carbocycles. The lowest BCUT2D eigenvalue weighted by atomic mass is 10.1. The predicted octanol–water partition coefficient (Wildman–Crippen LogP) is 3.86. The van der Waals surface area contributed by atoms with Crippen molar-refractivity contribution in [2.24, 2.45) is 0 Å². The smallest absolute Gasteiger partial charge is 0.408 e. The third-order valence-electron chi connectivity index (χ3n) is 2.89. The number of halogens is 1. The number of amides is 1. The van der Waals surface area contributed by atoms with Crippen LogP contribution in [0.5, 0.6) is 0 Å². The number of imidazole rings is 1. The molecule has 2 heterocycles. The summed E-state index contributed by atoms with van der Waals surface area (Å²) in [5.41, 5.74) is -0.237. The molecular formula is C15H20BrN3O2. The van der Waals surface area contributed by atoms with Crippen LogP contribution < -0.4 is 5.32 Å². The second-order valence-corrected chi connectivity index (χ2v) is 7.30. The van der Waals surface area contributed by atoms with E-state index in [4.69, 9.17) is 4.74 Å². The highest BCUT2D eigenvalue weighted by Crippen LogP contribution is 2.25. The van der Waals surface area contributed by atoms with Crippen LogP contribution >= 0.6 is 15.9 Å². The maximum atomic E-state index is 12.0. The summed E-state index contributed by atoms with van der Waals surface area (Å²) in [6.07, 6.45) is 3.23. The van der Waals surface area contributed by atoms with Gasteiger partial charge in [0.2, 0.25) is 0 Å². The number of fused-ring (bicyclic) bond motifs is 1. The Kier molecular flexibility index (Phi) is 4.02. The number of nitrogens with zero attached hydrogens (tertiary/aromatic N) is 2. The molecule has 0 radical (unpaired) electrons. The van der Waals surface area contributed by atoms with E-state index in [9.17, 15) is 4.79 Å². The highest BCUT2D eigenvalue weighted by Gasteiger charge is 2.30. The first-order chi connectivity index (χ1) is 9.60. The summed E-state index contributed by atoms with van der Waals surface area (Å²) >= 11 is 3.49. The van der Waals surface area contributed by atoms with Crippen LogP contribution in [-0.4, -0.2) is 21.1 Å². The highest BCUT2D eigenvalue weighted by atomic mass is 79.9. The molecule has 2 aromatic rings. The van der Waals surface area contributed by atoms with Crippen molar-refractivity contribution < 1.29 is 9.53 Å². The van der Waals surface area contributed by atoms with Gasteiger partial charge in [-0.2, -0.15) is 0 Å². The van der Waals surface area contributed by atoms with Gasteiger partial charge in [-0.25, -0.2) is 9.78 Å². The fourth-order valence-corrected chi connectivity index (χ4v) is 2.51. The third kappa shape index (κ3) is 3.56. The zero-order valence-corrected chi connectivity index (χ0v) is 14.5. The molecule has 0 fully saturated rings. The van der Waals surface area contributed by atoms with Crippen molar-refractivity contribution in [2.45, 2.75) is 45.8 Å². The number of pyridine rings is 1. The molecule has 0 atom stereocenters. The molecule has 0 bridgehead atoms. The molecule has 2 aromatic heterocycles. The minimum absolute atomic E-state index is 0.459. The Morgan fingerprint density at radius 1 is 1.33 bits per heavy atom. The standard InChI is InChI=1S/C15H20BrN3O2/c1-14(2,3)21-13(20)18-15(4,5)12-17-9-11-10(16)7-6-8-19(11)12/h6-9H,1-5H3,(H,18,20). The molecule has 2 rings (SSSR count). The Bertz CT molecular complexity index is 671. The molecule has 114 valence electrons. The number of rotatable bonds is 2. The largest absolute Gasteiger partial charge is 0.444 e. The first-order valence-corrected chi connectivity index (χ1v) is 7.53. The first kappa shape index (κ1) is 15.8. The minimum atomic E-state index is -0.657. The number of alkyl carbamates (subject to hydrolysis) is 1. The molecule has 0 unspecified atom stereocenters. The summed E-state index contributed by atoms with van der Waals surface area (Å²) < 4.78 is 8.21. The van der Waals surface area contributed by atoms with Crippen molar-refractivity contribution in [2.75, 3.05) is 0 Å². The second-order valence-electron chi connectivity index (χ2n) is 6.45. The molecule has 1 N–H and O–H groups in total. The average Bonchev–Trinajstić information content (AvgIpc) is 2.71. The normalized spacial score (nSPS) is 12.5. The number of aromatic nitrogens is 2. The van der Waals surface area contributed by atoms with Crippen LogP contribution in [0.25, 0.3) is 5.52 Å². The summed E-state index contributed by atoms with van der Waals surface area (Å²) in [4.78, 5) is 16.4. The number of carbonyl (C=O) groups excluding carboxylic acids is 1. The van der Waals surface area contributed by atoms with Crippen LogP contribution in [0.2, 0.25) is 0 Å². The maximum Gasteiger partial charge on any atom is 0.408 e. The number of nitrogens with one attached hydrogen (secondary N) is 1. The molecule has 0 aromatic carbocycles. The van der Waals surface area contributed by atoms with E-state index in [0.717, 1.165) is 15.8 Å². The molecule has 0 aliphatic rings. The molecule has 0 spiro atoms. The van der Waals surface area contributed by atoms with Crippen LogP contribution in [-0.2, 0) is 10.3 Å². The zero-order chi connectivity index (χ0) is 15.8. The molecule has 0 saturated carbocycles. The van der Waals surface area contributed by atoms with Gasteiger partial charge in [-0.05, 0) is 62.7 Å². The Labute approximate surface area is 132 Å². The van der Waals surface area contributed by atoms with E-state index in [1.807, 2.05) is 57.3 Å². The van der Waals surface area contributed by atoms with Gasteiger partial charge < -0.3 is 14.5 Å². The summed E-state index contributed by atoms with van der Waals surface area (Å²) in [6.45, 7) is 9.30. The second kappa shape index (κ2) is 5.33. The zero-order valence-electron chi connectivity index (χ0n) is 12.9. The van der Waals surface area contributed by atoms with Crippen LogP contribution in [0.1, 0.15) is 40.4 Å². The van der Waals surface area contributed by atoms with E-state index in [-0.39, 0.29) is 0 Å². The van der Waals surface area contributed by atoms with E-state index in [1.165, 1.54) is 0 Å². The van der Waals surface area contributed by atoms with Gasteiger partial charge in [0.1, 0.15) is 11.4 Å². The van der Waals surface area contributed by atoms with E-state index < -0.39 is 17.2 Å². The van der Waals surface area contributed by atoms with Crippen molar-refractivity contribution >= 4 is 27.5 Å². The Morgan fingerprint density at radius 3 is 2.62 bits per heavy atom. The summed E-state index contributed by atoms with van der Waals surface area (Å²) in [6, 6.07) is 3.88. The van der Waals surface area contributed by atoms with Crippen LogP contribution in [0.15, 0.2) is 29.0 Å². The van der Waals surface area contributed by atoms with Crippen molar-refractivity contribution in [3.8, 4) is 0 Å². The van der Waals surface area contributed by atoms with E-state index in [2.05, 4.69) is 26.2 Å². The maximum absolute atomic E-state index is 12.0. The van der Waals surface area contributed by atoms with Gasteiger partial charge in [0.05, 0.1) is 17.3 Å². The Hall–Kier alpha value is -1.56. The van der Waals surface area contributed by atoms with E-state index in [0.29, 0.717) is 0 Å². The fraction of sp³-hybridized carbons (Fsp3) is 0.467. The molecule has 6 heteroatoms. The lowest BCUT2D eigenvalue weighted by Crippen LogP contribution is -2.44. The first-order valence-electron chi connectivity index (χ1n) is 6.73. The van der Waals surface area contributed by atoms with Gasteiger partial charge in [-0.15, -0.1) is 0 Å².